The summed E-state index contributed by atoms with van der Waals surface area (Å²) < 4.78 is 8.28. The summed E-state index contributed by atoms with van der Waals surface area (Å²) in [6.45, 7) is 2.14. The van der Waals surface area contributed by atoms with Crippen LogP contribution in [0.25, 0.3) is 5.57 Å². The highest BCUT2D eigenvalue weighted by molar-refractivity contribution is 14.1. The summed E-state index contributed by atoms with van der Waals surface area (Å²) in [5.74, 6) is 0.716. The highest BCUT2D eigenvalue weighted by Gasteiger charge is 2.58. The Hall–Kier alpha value is -0.200. The Morgan fingerprint density at radius 2 is 2.00 bits per heavy atom. The van der Waals surface area contributed by atoms with Crippen molar-refractivity contribution < 1.29 is 9.53 Å². The van der Waals surface area contributed by atoms with Crippen LogP contribution in [0.15, 0.2) is 26.3 Å². The molecule has 2 saturated heterocycles. The molecule has 1 aromatic rings. The van der Waals surface area contributed by atoms with E-state index in [0.29, 0.717) is 11.7 Å². The molecular weight excluding hydrogens is 443 g/mol. The number of halogens is 2. The Labute approximate surface area is 146 Å². The third kappa shape index (κ3) is 2.01. The lowest BCUT2D eigenvalue weighted by molar-refractivity contribution is -0.118. The van der Waals surface area contributed by atoms with Crippen molar-refractivity contribution in [2.75, 3.05) is 0 Å². The number of fused-ring (bicyclic) bond motifs is 5. The zero-order valence-corrected chi connectivity index (χ0v) is 15.5. The Morgan fingerprint density at radius 1 is 1.29 bits per heavy atom. The molecule has 4 atom stereocenters. The summed E-state index contributed by atoms with van der Waals surface area (Å²) in [4.78, 5) is 13.0. The monoisotopic (exact) mass is 458 g/mol. The van der Waals surface area contributed by atoms with Crippen molar-refractivity contribution in [1.82, 2.24) is 0 Å². The number of ketones is 1. The van der Waals surface area contributed by atoms with Crippen LogP contribution in [-0.2, 0) is 16.0 Å². The number of hydrogen-bond donors (Lipinski definition) is 0. The minimum Gasteiger partial charge on any atom is -0.374 e. The molecule has 1 aromatic carbocycles. The van der Waals surface area contributed by atoms with E-state index in [0.717, 1.165) is 34.9 Å². The van der Waals surface area contributed by atoms with Gasteiger partial charge < -0.3 is 4.74 Å². The van der Waals surface area contributed by atoms with E-state index in [1.54, 1.807) is 0 Å². The quantitative estimate of drug-likeness (QED) is 0.608. The van der Waals surface area contributed by atoms with Crippen LogP contribution >= 0.6 is 38.5 Å². The number of carbonyl (C=O) groups is 1. The Morgan fingerprint density at radius 3 is 2.67 bits per heavy atom. The molecule has 21 heavy (non-hydrogen) atoms. The second-order valence-corrected chi connectivity index (χ2v) is 8.16. The predicted octanol–water partition coefficient (Wildman–Crippen LogP) is 4.53. The number of hydrogen-bond acceptors (Lipinski definition) is 2. The lowest BCUT2D eigenvalue weighted by atomic mass is 9.80. The van der Waals surface area contributed by atoms with E-state index in [-0.39, 0.29) is 18.1 Å². The van der Waals surface area contributed by atoms with Crippen molar-refractivity contribution >= 4 is 49.9 Å². The highest BCUT2D eigenvalue weighted by atomic mass is 127. The van der Waals surface area contributed by atoms with Crippen LogP contribution in [0, 0.1) is 11.8 Å². The smallest absolute Gasteiger partial charge is 0.170 e. The first-order valence-electron chi connectivity index (χ1n) is 7.50. The number of rotatable bonds is 2. The zero-order chi connectivity index (χ0) is 14.7. The molecule has 2 aliphatic heterocycles. The molecule has 4 heteroatoms. The third-order valence-corrected chi connectivity index (χ3v) is 6.82. The van der Waals surface area contributed by atoms with Gasteiger partial charge in [0.05, 0.1) is 18.1 Å². The molecule has 2 bridgehead atoms. The van der Waals surface area contributed by atoms with Gasteiger partial charge in [-0.2, -0.15) is 0 Å². The Balaban J connectivity index is 1.84. The van der Waals surface area contributed by atoms with Crippen LogP contribution in [-0.4, -0.2) is 18.0 Å². The molecule has 0 unspecified atom stereocenters. The van der Waals surface area contributed by atoms with E-state index in [1.807, 2.05) is 6.07 Å². The molecule has 0 N–H and O–H groups in total. The summed E-state index contributed by atoms with van der Waals surface area (Å²) in [6, 6.07) is 6.27. The molecule has 0 saturated carbocycles. The van der Waals surface area contributed by atoms with Crippen molar-refractivity contribution in [3.8, 4) is 0 Å². The topological polar surface area (TPSA) is 26.3 Å². The van der Waals surface area contributed by atoms with E-state index < -0.39 is 0 Å². The summed E-state index contributed by atoms with van der Waals surface area (Å²) in [5, 5.41) is 0. The van der Waals surface area contributed by atoms with E-state index in [2.05, 4.69) is 57.6 Å². The van der Waals surface area contributed by atoms with Gasteiger partial charge in [-0.1, -0.05) is 28.9 Å². The van der Waals surface area contributed by atoms with E-state index in [1.165, 1.54) is 9.14 Å². The fourth-order valence-electron chi connectivity index (χ4n) is 4.14. The van der Waals surface area contributed by atoms with Gasteiger partial charge in [-0.3, -0.25) is 4.79 Å². The lowest BCUT2D eigenvalue weighted by Gasteiger charge is -2.19. The van der Waals surface area contributed by atoms with Crippen molar-refractivity contribution in [1.29, 1.82) is 0 Å². The van der Waals surface area contributed by atoms with E-state index >= 15 is 0 Å². The minimum atomic E-state index is 0.0824. The normalized spacial score (nSPS) is 34.0. The number of ether oxygens (including phenoxy) is 1. The van der Waals surface area contributed by atoms with Crippen LogP contribution in [0.2, 0.25) is 0 Å². The van der Waals surface area contributed by atoms with E-state index in [9.17, 15) is 4.79 Å². The molecule has 2 fully saturated rings. The first-order valence-corrected chi connectivity index (χ1v) is 9.37. The molecule has 1 aliphatic carbocycles. The maximum absolute atomic E-state index is 13.0. The van der Waals surface area contributed by atoms with Crippen LogP contribution < -0.4 is 0 Å². The Bertz CT molecular complexity index is 667. The minimum absolute atomic E-state index is 0.0824. The molecule has 0 aromatic heterocycles. The van der Waals surface area contributed by atoms with Gasteiger partial charge >= 0.3 is 0 Å². The van der Waals surface area contributed by atoms with Crippen molar-refractivity contribution in [3.63, 3.8) is 0 Å². The largest absolute Gasteiger partial charge is 0.374 e. The molecule has 0 spiro atoms. The van der Waals surface area contributed by atoms with E-state index in [4.69, 9.17) is 4.74 Å². The maximum Gasteiger partial charge on any atom is 0.170 e. The number of carbonyl (C=O) groups excluding carboxylic acids is 1. The predicted molar refractivity (Wildman–Crippen MR) is 94.3 cm³/mol. The van der Waals surface area contributed by atoms with Gasteiger partial charge in [-0.15, -0.1) is 0 Å². The fraction of sp³-hybridized carbons (Fsp3) is 0.471. The Kier molecular flexibility index (Phi) is 3.54. The number of Topliss-reactive ketones (excluding diaryl/α,β-unsaturated/α-hetero) is 1. The average molecular weight is 459 g/mol. The molecule has 2 nitrogen and oxygen atoms in total. The van der Waals surface area contributed by atoms with Crippen LogP contribution in [0.5, 0.6) is 0 Å². The first kappa shape index (κ1) is 14.4. The van der Waals surface area contributed by atoms with Crippen molar-refractivity contribution in [3.05, 3.63) is 37.4 Å². The SMILES string of the molecule is CCc1cc(Br)ccc1C1=C(I)[C@H]2[C@@H](C1=O)[C@@H]1CC[C@H]2O1. The van der Waals surface area contributed by atoms with Crippen molar-refractivity contribution in [2.45, 2.75) is 38.4 Å². The summed E-state index contributed by atoms with van der Waals surface area (Å²) in [5.41, 5.74) is 3.34. The lowest BCUT2D eigenvalue weighted by Crippen LogP contribution is -2.28. The highest BCUT2D eigenvalue weighted by Crippen LogP contribution is 2.56. The second-order valence-electron chi connectivity index (χ2n) is 6.08. The zero-order valence-electron chi connectivity index (χ0n) is 11.7. The summed E-state index contributed by atoms with van der Waals surface area (Å²) in [7, 11) is 0. The van der Waals surface area contributed by atoms with Gasteiger partial charge in [-0.25, -0.2) is 0 Å². The maximum atomic E-state index is 13.0. The summed E-state index contributed by atoms with van der Waals surface area (Å²) in [6.07, 6.45) is 3.54. The van der Waals surface area contributed by atoms with Crippen molar-refractivity contribution in [2.24, 2.45) is 11.8 Å². The molecule has 2 heterocycles. The number of aryl methyl sites for hydroxylation is 1. The molecule has 110 valence electrons. The first-order chi connectivity index (χ1) is 10.1. The molecule has 3 aliphatic rings. The van der Waals surface area contributed by atoms with Gasteiger partial charge in [0.15, 0.2) is 5.78 Å². The number of allylic oxidation sites excluding steroid dienone is 1. The fourth-order valence-corrected chi connectivity index (χ4v) is 5.90. The van der Waals surface area contributed by atoms with Gasteiger partial charge in [0, 0.05) is 19.5 Å². The molecule has 0 radical (unpaired) electrons. The standard InChI is InChI=1S/C17H16BrIO2/c1-2-8-7-9(18)3-4-10(8)13-16(19)14-11-5-6-12(21-11)15(14)17(13)20/h3-4,7,11-12,14-15H,2,5-6H2,1H3/t11-,12+,14-,15+/m1/s1. The van der Waals surface area contributed by atoms with Gasteiger partial charge in [0.2, 0.25) is 0 Å². The second kappa shape index (κ2) is 5.17. The molecular formula is C17H16BrIO2. The van der Waals surface area contributed by atoms with Gasteiger partial charge in [0.1, 0.15) is 0 Å². The molecule has 0 amide bonds. The van der Waals surface area contributed by atoms with Gasteiger partial charge in [0.25, 0.3) is 0 Å². The summed E-state index contributed by atoms with van der Waals surface area (Å²) >= 11 is 5.93. The molecule has 4 rings (SSSR count). The average Bonchev–Trinajstić information content (AvgIpc) is 3.14. The van der Waals surface area contributed by atoms with Crippen LogP contribution in [0.4, 0.5) is 0 Å². The number of benzene rings is 1. The van der Waals surface area contributed by atoms with Crippen LogP contribution in [0.3, 0.4) is 0 Å². The van der Waals surface area contributed by atoms with Gasteiger partial charge in [-0.05, 0) is 65.1 Å². The van der Waals surface area contributed by atoms with Crippen LogP contribution in [0.1, 0.15) is 30.9 Å². The third-order valence-electron chi connectivity index (χ3n) is 5.07.